The summed E-state index contributed by atoms with van der Waals surface area (Å²) in [4.78, 5) is 21.6. The fourth-order valence-electron chi connectivity index (χ4n) is 2.91. The maximum atomic E-state index is 12.9. The fraction of sp³-hybridized carbons (Fsp3) is 0.562. The van der Waals surface area contributed by atoms with E-state index >= 15 is 0 Å². The van der Waals surface area contributed by atoms with Gasteiger partial charge < -0.3 is 10.4 Å². The van der Waals surface area contributed by atoms with E-state index in [9.17, 15) is 28.4 Å². The molecule has 2 rings (SSSR count). The van der Waals surface area contributed by atoms with Crippen molar-refractivity contribution in [3.63, 3.8) is 0 Å². The second-order valence-corrected chi connectivity index (χ2v) is 8.62. The van der Waals surface area contributed by atoms with Crippen LogP contribution in [0.25, 0.3) is 0 Å². The van der Waals surface area contributed by atoms with Gasteiger partial charge in [-0.1, -0.05) is 13.8 Å². The van der Waals surface area contributed by atoms with Gasteiger partial charge in [0.1, 0.15) is 10.9 Å². The number of rotatable bonds is 8. The number of carboxylic acids is 1. The van der Waals surface area contributed by atoms with Crippen molar-refractivity contribution >= 4 is 27.4 Å². The Bertz CT molecular complexity index is 787. The first-order valence-electron chi connectivity index (χ1n) is 8.41. The van der Waals surface area contributed by atoms with E-state index in [0.29, 0.717) is 13.1 Å². The van der Waals surface area contributed by atoms with Gasteiger partial charge in [0.25, 0.3) is 5.69 Å². The lowest BCUT2D eigenvalue weighted by atomic mass is 10.0. The number of sulfonamides is 1. The van der Waals surface area contributed by atoms with Crippen molar-refractivity contribution in [2.45, 2.75) is 44.0 Å². The van der Waals surface area contributed by atoms with Gasteiger partial charge in [-0.2, -0.15) is 4.31 Å². The Balaban J connectivity index is 2.48. The number of non-ortho nitro benzene ring substituents is 1. The van der Waals surface area contributed by atoms with Crippen LogP contribution in [-0.4, -0.2) is 47.9 Å². The summed E-state index contributed by atoms with van der Waals surface area (Å²) in [5.41, 5.74) is -0.292. The first-order valence-corrected chi connectivity index (χ1v) is 9.85. The largest absolute Gasteiger partial charge is 0.480 e. The van der Waals surface area contributed by atoms with Gasteiger partial charge in [0, 0.05) is 25.2 Å². The second-order valence-electron chi connectivity index (χ2n) is 6.71. The molecule has 1 saturated heterocycles. The molecule has 26 heavy (non-hydrogen) atoms. The average molecular weight is 385 g/mol. The van der Waals surface area contributed by atoms with Gasteiger partial charge in [0.2, 0.25) is 10.0 Å². The molecule has 1 atom stereocenters. The molecule has 9 nitrogen and oxygen atoms in total. The summed E-state index contributed by atoms with van der Waals surface area (Å²) < 4.78 is 27.1. The van der Waals surface area contributed by atoms with E-state index < -0.39 is 27.0 Å². The van der Waals surface area contributed by atoms with Crippen molar-refractivity contribution < 1.29 is 23.2 Å². The van der Waals surface area contributed by atoms with Crippen molar-refractivity contribution in [1.82, 2.24) is 4.31 Å². The zero-order chi connectivity index (χ0) is 19.5. The number of hydrogen-bond acceptors (Lipinski definition) is 6. The molecule has 0 bridgehead atoms. The van der Waals surface area contributed by atoms with Gasteiger partial charge >= 0.3 is 5.97 Å². The fourth-order valence-corrected chi connectivity index (χ4v) is 4.60. The predicted molar refractivity (Wildman–Crippen MR) is 95.6 cm³/mol. The minimum Gasteiger partial charge on any atom is -0.480 e. The first kappa shape index (κ1) is 20.1. The van der Waals surface area contributed by atoms with Crippen LogP contribution in [0.15, 0.2) is 23.1 Å². The number of nitro benzene ring substituents is 1. The van der Waals surface area contributed by atoms with E-state index in [2.05, 4.69) is 5.32 Å². The molecule has 0 spiro atoms. The minimum atomic E-state index is -3.95. The Morgan fingerprint density at radius 1 is 1.35 bits per heavy atom. The molecule has 0 unspecified atom stereocenters. The number of nitro groups is 1. The number of hydrogen-bond donors (Lipinski definition) is 2. The van der Waals surface area contributed by atoms with Gasteiger partial charge in [0.15, 0.2) is 0 Å². The van der Waals surface area contributed by atoms with Crippen molar-refractivity contribution in [2.75, 3.05) is 18.4 Å². The third kappa shape index (κ3) is 4.50. The molecule has 1 aliphatic rings. The SMILES string of the molecule is CC(C)C[C@H](Nc1ccc([N+](=O)[O-])cc1S(=O)(=O)N1CCCC1)C(=O)O. The van der Waals surface area contributed by atoms with Crippen LogP contribution in [0.4, 0.5) is 11.4 Å². The Hall–Kier alpha value is -2.20. The van der Waals surface area contributed by atoms with E-state index in [1.54, 1.807) is 0 Å². The number of nitrogens with one attached hydrogen (secondary N) is 1. The summed E-state index contributed by atoms with van der Waals surface area (Å²) in [5, 5.41) is 23.2. The standard InChI is InChI=1S/C16H23N3O6S/c1-11(2)9-14(16(20)21)17-13-6-5-12(19(22)23)10-15(13)26(24,25)18-7-3-4-8-18/h5-6,10-11,14,17H,3-4,7-9H2,1-2H3,(H,20,21)/t14-/m0/s1. The van der Waals surface area contributed by atoms with Crippen LogP contribution in [0.3, 0.4) is 0 Å². The van der Waals surface area contributed by atoms with Crippen molar-refractivity contribution in [3.8, 4) is 0 Å². The lowest BCUT2D eigenvalue weighted by Crippen LogP contribution is -2.33. The van der Waals surface area contributed by atoms with Crippen LogP contribution >= 0.6 is 0 Å². The third-order valence-corrected chi connectivity index (χ3v) is 6.13. The highest BCUT2D eigenvalue weighted by Gasteiger charge is 2.32. The molecule has 1 heterocycles. The molecule has 2 N–H and O–H groups in total. The Morgan fingerprint density at radius 3 is 2.46 bits per heavy atom. The highest BCUT2D eigenvalue weighted by Crippen LogP contribution is 2.31. The molecular weight excluding hydrogens is 362 g/mol. The zero-order valence-electron chi connectivity index (χ0n) is 14.7. The topological polar surface area (TPSA) is 130 Å². The summed E-state index contributed by atoms with van der Waals surface area (Å²) in [6.07, 6.45) is 1.74. The maximum Gasteiger partial charge on any atom is 0.326 e. The minimum absolute atomic E-state index is 0.0653. The van der Waals surface area contributed by atoms with Crippen LogP contribution in [0.5, 0.6) is 0 Å². The van der Waals surface area contributed by atoms with Gasteiger partial charge in [0.05, 0.1) is 10.6 Å². The molecule has 10 heteroatoms. The molecule has 1 fully saturated rings. The van der Waals surface area contributed by atoms with Gasteiger partial charge in [-0.25, -0.2) is 13.2 Å². The number of nitrogens with zero attached hydrogens (tertiary/aromatic N) is 2. The maximum absolute atomic E-state index is 12.9. The first-order chi connectivity index (χ1) is 12.1. The van der Waals surface area contributed by atoms with E-state index in [1.807, 2.05) is 13.8 Å². The van der Waals surface area contributed by atoms with Crippen molar-refractivity contribution in [1.29, 1.82) is 0 Å². The van der Waals surface area contributed by atoms with Crippen LogP contribution in [0.1, 0.15) is 33.1 Å². The zero-order valence-corrected chi connectivity index (χ0v) is 15.5. The molecule has 1 aromatic carbocycles. The van der Waals surface area contributed by atoms with Crippen molar-refractivity contribution in [3.05, 3.63) is 28.3 Å². The van der Waals surface area contributed by atoms with Crippen molar-refractivity contribution in [2.24, 2.45) is 5.92 Å². The van der Waals surface area contributed by atoms with Gasteiger partial charge in [-0.15, -0.1) is 0 Å². The Morgan fingerprint density at radius 2 is 1.96 bits per heavy atom. The highest BCUT2D eigenvalue weighted by molar-refractivity contribution is 7.89. The molecule has 0 amide bonds. The lowest BCUT2D eigenvalue weighted by molar-refractivity contribution is -0.385. The van der Waals surface area contributed by atoms with Crippen LogP contribution in [0.2, 0.25) is 0 Å². The monoisotopic (exact) mass is 385 g/mol. The van der Waals surface area contributed by atoms with Crippen LogP contribution < -0.4 is 5.32 Å². The van der Waals surface area contributed by atoms with E-state index in [1.165, 1.54) is 16.4 Å². The third-order valence-electron chi connectivity index (χ3n) is 4.19. The van der Waals surface area contributed by atoms with E-state index in [4.69, 9.17) is 0 Å². The molecule has 144 valence electrons. The number of carboxylic acid groups (broad SMARTS) is 1. The molecule has 1 aliphatic heterocycles. The Kier molecular flexibility index (Phi) is 6.19. The normalized spacial score (nSPS) is 16.6. The molecular formula is C16H23N3O6S. The highest BCUT2D eigenvalue weighted by atomic mass is 32.2. The smallest absolute Gasteiger partial charge is 0.326 e. The predicted octanol–water partition coefficient (Wildman–Crippen LogP) is 2.29. The summed E-state index contributed by atoms with van der Waals surface area (Å²) in [7, 11) is -3.95. The number of carbonyl (C=O) groups is 1. The summed E-state index contributed by atoms with van der Waals surface area (Å²) >= 11 is 0. The van der Waals surface area contributed by atoms with E-state index in [0.717, 1.165) is 18.9 Å². The molecule has 1 aromatic rings. The van der Waals surface area contributed by atoms with Gasteiger partial charge in [-0.3, -0.25) is 10.1 Å². The summed E-state index contributed by atoms with van der Waals surface area (Å²) in [5.74, 6) is -1.04. The second kappa shape index (κ2) is 8.00. The summed E-state index contributed by atoms with van der Waals surface area (Å²) in [6.45, 7) is 4.41. The lowest BCUT2D eigenvalue weighted by Gasteiger charge is -2.22. The number of anilines is 1. The molecule has 0 saturated carbocycles. The molecule has 0 radical (unpaired) electrons. The van der Waals surface area contributed by atoms with Crippen LogP contribution in [0, 0.1) is 16.0 Å². The molecule has 0 aliphatic carbocycles. The van der Waals surface area contributed by atoms with Gasteiger partial charge in [-0.05, 0) is 31.2 Å². The quantitative estimate of drug-likeness (QED) is 0.518. The number of aliphatic carboxylic acids is 1. The summed E-state index contributed by atoms with van der Waals surface area (Å²) in [6, 6.07) is 2.42. The number of benzene rings is 1. The van der Waals surface area contributed by atoms with E-state index in [-0.39, 0.29) is 28.6 Å². The Labute approximate surface area is 152 Å². The molecule has 0 aromatic heterocycles. The average Bonchev–Trinajstić information content (AvgIpc) is 3.09. The van der Waals surface area contributed by atoms with Crippen LogP contribution in [-0.2, 0) is 14.8 Å².